The van der Waals surface area contributed by atoms with E-state index in [0.29, 0.717) is 5.52 Å². The van der Waals surface area contributed by atoms with Crippen molar-refractivity contribution in [1.29, 1.82) is 0 Å². The van der Waals surface area contributed by atoms with Crippen LogP contribution < -0.4 is 14.9 Å². The van der Waals surface area contributed by atoms with Crippen molar-refractivity contribution in [1.82, 2.24) is 4.57 Å². The van der Waals surface area contributed by atoms with Gasteiger partial charge in [0.15, 0.2) is 11.2 Å². The first-order valence-corrected chi connectivity index (χ1v) is 6.52. The van der Waals surface area contributed by atoms with E-state index in [1.165, 1.54) is 20.3 Å². The Morgan fingerprint density at radius 2 is 2.05 bits per heavy atom. The zero-order valence-corrected chi connectivity index (χ0v) is 11.7. The van der Waals surface area contributed by atoms with E-state index in [9.17, 15) is 14.9 Å². The number of nitro benzene ring substituents is 1. The van der Waals surface area contributed by atoms with E-state index in [1.807, 2.05) is 4.57 Å². The van der Waals surface area contributed by atoms with Crippen LogP contribution in [-0.4, -0.2) is 23.7 Å². The highest BCUT2D eigenvalue weighted by Gasteiger charge is 2.31. The summed E-state index contributed by atoms with van der Waals surface area (Å²) in [7, 11) is 2.73. The van der Waals surface area contributed by atoms with Gasteiger partial charge in [-0.3, -0.25) is 14.9 Å². The van der Waals surface area contributed by atoms with Crippen molar-refractivity contribution < 1.29 is 14.4 Å². The van der Waals surface area contributed by atoms with Crippen LogP contribution in [0.1, 0.15) is 18.9 Å². The quantitative estimate of drug-likeness (QED) is 0.637. The smallest absolute Gasteiger partial charge is 0.328 e. The van der Waals surface area contributed by atoms with E-state index in [1.54, 1.807) is 12.3 Å². The van der Waals surface area contributed by atoms with Crippen LogP contribution in [0.15, 0.2) is 23.1 Å². The van der Waals surface area contributed by atoms with Gasteiger partial charge in [-0.05, 0) is 12.8 Å². The van der Waals surface area contributed by atoms with Gasteiger partial charge >= 0.3 is 5.69 Å². The molecule has 0 bridgehead atoms. The Bertz CT molecular complexity index is 792. The lowest BCUT2D eigenvalue weighted by Crippen LogP contribution is -2.11. The summed E-state index contributed by atoms with van der Waals surface area (Å²) in [4.78, 5) is 23.0. The molecule has 0 spiro atoms. The summed E-state index contributed by atoms with van der Waals surface area (Å²) in [6, 6.07) is 3.27. The summed E-state index contributed by atoms with van der Waals surface area (Å²) in [6.07, 6.45) is 3.68. The van der Waals surface area contributed by atoms with Gasteiger partial charge < -0.3 is 14.0 Å². The lowest BCUT2D eigenvalue weighted by molar-refractivity contribution is -0.384. The second kappa shape index (κ2) is 4.76. The van der Waals surface area contributed by atoms with Crippen molar-refractivity contribution in [2.45, 2.75) is 18.9 Å². The molecule has 0 atom stereocenters. The van der Waals surface area contributed by atoms with Crippen LogP contribution in [-0.2, 0) is 0 Å². The number of aromatic nitrogens is 1. The Morgan fingerprint density at radius 1 is 1.33 bits per heavy atom. The molecule has 0 radical (unpaired) electrons. The van der Waals surface area contributed by atoms with Crippen LogP contribution in [0.3, 0.4) is 0 Å². The molecule has 2 aromatic rings. The molecule has 1 aliphatic carbocycles. The fraction of sp³-hybridized carbons (Fsp3) is 0.357. The van der Waals surface area contributed by atoms with E-state index in [-0.39, 0.29) is 28.6 Å². The monoisotopic (exact) mass is 290 g/mol. The number of ether oxygens (including phenoxy) is 2. The Morgan fingerprint density at radius 3 is 2.57 bits per heavy atom. The lowest BCUT2D eigenvalue weighted by Gasteiger charge is -2.14. The van der Waals surface area contributed by atoms with E-state index in [0.717, 1.165) is 12.8 Å². The predicted octanol–water partition coefficient (Wildman–Crippen LogP) is 2.26. The van der Waals surface area contributed by atoms with Crippen LogP contribution in [0.4, 0.5) is 5.69 Å². The molecule has 0 amide bonds. The maximum atomic E-state index is 12.2. The average Bonchev–Trinajstić information content (AvgIpc) is 3.29. The van der Waals surface area contributed by atoms with Gasteiger partial charge in [-0.2, -0.15) is 0 Å². The number of hydrogen-bond acceptors (Lipinski definition) is 5. The van der Waals surface area contributed by atoms with Crippen molar-refractivity contribution in [3.05, 3.63) is 38.7 Å². The molecular weight excluding hydrogens is 276 g/mol. The second-order valence-electron chi connectivity index (χ2n) is 4.93. The Kier molecular flexibility index (Phi) is 3.04. The van der Waals surface area contributed by atoms with Crippen molar-refractivity contribution in [3.63, 3.8) is 0 Å². The lowest BCUT2D eigenvalue weighted by atomic mass is 10.1. The fourth-order valence-electron chi connectivity index (χ4n) is 2.57. The molecule has 0 saturated heterocycles. The largest absolute Gasteiger partial charge is 0.493 e. The van der Waals surface area contributed by atoms with E-state index in [2.05, 4.69) is 0 Å². The molecule has 0 aliphatic heterocycles. The van der Waals surface area contributed by atoms with Crippen molar-refractivity contribution in [2.24, 2.45) is 0 Å². The van der Waals surface area contributed by atoms with Crippen molar-refractivity contribution >= 4 is 16.6 Å². The van der Waals surface area contributed by atoms with Gasteiger partial charge in [-0.25, -0.2) is 0 Å². The molecule has 0 N–H and O–H groups in total. The molecule has 7 nitrogen and oxygen atoms in total. The minimum Gasteiger partial charge on any atom is -0.493 e. The van der Waals surface area contributed by atoms with Crippen LogP contribution >= 0.6 is 0 Å². The summed E-state index contributed by atoms with van der Waals surface area (Å²) in [5, 5.41) is 11.5. The second-order valence-corrected chi connectivity index (χ2v) is 4.93. The number of hydrogen-bond donors (Lipinski definition) is 0. The first-order valence-electron chi connectivity index (χ1n) is 6.52. The molecule has 1 heterocycles. The third kappa shape index (κ3) is 2.01. The highest BCUT2D eigenvalue weighted by molar-refractivity contribution is 5.93. The summed E-state index contributed by atoms with van der Waals surface area (Å²) < 4.78 is 12.2. The van der Waals surface area contributed by atoms with Gasteiger partial charge in [0.25, 0.3) is 0 Å². The van der Waals surface area contributed by atoms with Gasteiger partial charge in [0.05, 0.1) is 24.7 Å². The van der Waals surface area contributed by atoms with E-state index < -0.39 is 10.4 Å². The maximum Gasteiger partial charge on any atom is 0.328 e. The fourth-order valence-corrected chi connectivity index (χ4v) is 2.57. The minimum atomic E-state index is -0.595. The average molecular weight is 290 g/mol. The standard InChI is InChI=1S/C14H14N2O5/c1-20-11-7-9-12(13(16(18)19)14(11)21-2)10(17)5-6-15(9)8-3-4-8/h5-8H,3-4H2,1-2H3. The minimum absolute atomic E-state index is 0.0272. The van der Waals surface area contributed by atoms with Crippen LogP contribution in [0.5, 0.6) is 11.5 Å². The number of fused-ring (bicyclic) bond motifs is 1. The van der Waals surface area contributed by atoms with Crippen LogP contribution in [0.2, 0.25) is 0 Å². The molecule has 1 aromatic carbocycles. The SMILES string of the molecule is COc1cc2c(c([N+](=O)[O-])c1OC)c(=O)ccn2C1CC1. The van der Waals surface area contributed by atoms with Gasteiger partial charge in [0.1, 0.15) is 5.39 Å². The topological polar surface area (TPSA) is 83.6 Å². The maximum absolute atomic E-state index is 12.2. The zero-order valence-electron chi connectivity index (χ0n) is 11.7. The normalized spacial score (nSPS) is 14.2. The first-order chi connectivity index (χ1) is 10.1. The van der Waals surface area contributed by atoms with Gasteiger partial charge in [0.2, 0.25) is 5.75 Å². The molecule has 1 aromatic heterocycles. The summed E-state index contributed by atoms with van der Waals surface area (Å²) >= 11 is 0. The number of benzene rings is 1. The highest BCUT2D eigenvalue weighted by atomic mass is 16.6. The van der Waals surface area contributed by atoms with Crippen LogP contribution in [0.25, 0.3) is 10.9 Å². The molecule has 1 aliphatic rings. The molecule has 0 unspecified atom stereocenters. The zero-order chi connectivity index (χ0) is 15.1. The molecular formula is C14H14N2O5. The Labute approximate surface area is 119 Å². The van der Waals surface area contributed by atoms with Gasteiger partial charge in [-0.1, -0.05) is 0 Å². The molecule has 1 saturated carbocycles. The number of nitro groups is 1. The van der Waals surface area contributed by atoms with Gasteiger partial charge in [0, 0.05) is 24.4 Å². The number of rotatable bonds is 4. The number of pyridine rings is 1. The van der Waals surface area contributed by atoms with E-state index >= 15 is 0 Å². The first kappa shape index (κ1) is 13.4. The third-order valence-corrected chi connectivity index (χ3v) is 3.66. The predicted molar refractivity (Wildman–Crippen MR) is 76.2 cm³/mol. The summed E-state index contributed by atoms with van der Waals surface area (Å²) in [5.74, 6) is 0.220. The highest BCUT2D eigenvalue weighted by Crippen LogP contribution is 2.44. The van der Waals surface area contributed by atoms with Crippen LogP contribution in [0, 0.1) is 10.1 Å². The molecule has 3 rings (SSSR count). The molecule has 21 heavy (non-hydrogen) atoms. The van der Waals surface area contributed by atoms with E-state index in [4.69, 9.17) is 9.47 Å². The Balaban J connectivity index is 2.50. The molecule has 7 heteroatoms. The summed E-state index contributed by atoms with van der Waals surface area (Å²) in [5.41, 5.74) is -0.226. The molecule has 1 fully saturated rings. The summed E-state index contributed by atoms with van der Waals surface area (Å²) in [6.45, 7) is 0. The third-order valence-electron chi connectivity index (χ3n) is 3.66. The van der Waals surface area contributed by atoms with Gasteiger partial charge in [-0.15, -0.1) is 0 Å². The van der Waals surface area contributed by atoms with Crippen molar-refractivity contribution in [3.8, 4) is 11.5 Å². The number of nitrogens with zero attached hydrogens (tertiary/aromatic N) is 2. The number of methoxy groups -OCH3 is 2. The van der Waals surface area contributed by atoms with Crippen molar-refractivity contribution in [2.75, 3.05) is 14.2 Å². The Hall–Kier alpha value is -2.57. The molecule has 110 valence electrons.